The first-order valence-electron chi connectivity index (χ1n) is 5.67. The number of hydrogen-bond acceptors (Lipinski definition) is 2. The maximum Gasteiger partial charge on any atom is 0.400 e. The average molecular weight is 289 g/mol. The Morgan fingerprint density at radius 2 is 1.94 bits per heavy atom. The third-order valence-electron chi connectivity index (χ3n) is 3.49. The van der Waals surface area contributed by atoms with E-state index in [4.69, 9.17) is 5.73 Å². The van der Waals surface area contributed by atoms with Crippen LogP contribution in [0.1, 0.15) is 27.2 Å². The third-order valence-corrected chi connectivity index (χ3v) is 3.49. The van der Waals surface area contributed by atoms with Gasteiger partial charge in [0.25, 0.3) is 0 Å². The lowest BCUT2D eigenvalue weighted by Gasteiger charge is -2.43. The van der Waals surface area contributed by atoms with Crippen LogP contribution in [0.3, 0.4) is 0 Å². The first kappa shape index (κ1) is 17.5. The van der Waals surface area contributed by atoms with Gasteiger partial charge in [-0.15, -0.1) is 12.4 Å². The zero-order valence-electron chi connectivity index (χ0n) is 10.8. The number of alkyl halides is 3. The third kappa shape index (κ3) is 3.75. The molecule has 1 amide bonds. The summed E-state index contributed by atoms with van der Waals surface area (Å²) >= 11 is 0. The number of halogens is 4. The first-order chi connectivity index (χ1) is 7.55. The van der Waals surface area contributed by atoms with E-state index < -0.39 is 18.0 Å². The predicted molar refractivity (Wildman–Crippen MR) is 65.4 cm³/mol. The van der Waals surface area contributed by atoms with Gasteiger partial charge >= 0.3 is 6.18 Å². The minimum absolute atomic E-state index is 0. The monoisotopic (exact) mass is 288 g/mol. The van der Waals surface area contributed by atoms with Gasteiger partial charge in [0.1, 0.15) is 5.92 Å². The van der Waals surface area contributed by atoms with E-state index in [0.29, 0.717) is 13.0 Å². The van der Waals surface area contributed by atoms with Gasteiger partial charge in [-0.3, -0.25) is 4.79 Å². The van der Waals surface area contributed by atoms with Crippen molar-refractivity contribution in [1.29, 1.82) is 0 Å². The van der Waals surface area contributed by atoms with Gasteiger partial charge < -0.3 is 10.6 Å². The van der Waals surface area contributed by atoms with Crippen LogP contribution in [0.2, 0.25) is 0 Å². The van der Waals surface area contributed by atoms with Crippen molar-refractivity contribution in [2.45, 2.75) is 39.4 Å². The highest BCUT2D eigenvalue weighted by atomic mass is 35.5. The van der Waals surface area contributed by atoms with Crippen LogP contribution >= 0.6 is 12.4 Å². The van der Waals surface area contributed by atoms with Gasteiger partial charge in [0.05, 0.1) is 0 Å². The largest absolute Gasteiger partial charge is 0.400 e. The standard InChI is InChI=1S/C11H19F3N2O.ClH/c1-7(11(12,13)14)9(17)16-5-4-8(15)10(2,3)6-16;/h7-8H,4-6,15H2,1-3H3;1H. The van der Waals surface area contributed by atoms with Gasteiger partial charge in [0, 0.05) is 19.1 Å². The van der Waals surface area contributed by atoms with E-state index >= 15 is 0 Å². The van der Waals surface area contributed by atoms with Gasteiger partial charge in [-0.2, -0.15) is 13.2 Å². The fourth-order valence-corrected chi connectivity index (χ4v) is 1.98. The lowest BCUT2D eigenvalue weighted by Crippen LogP contribution is -2.55. The quantitative estimate of drug-likeness (QED) is 0.804. The van der Waals surface area contributed by atoms with Crippen LogP contribution in [0.25, 0.3) is 0 Å². The van der Waals surface area contributed by atoms with Gasteiger partial charge in [-0.25, -0.2) is 0 Å². The molecule has 1 rings (SSSR count). The second kappa shape index (κ2) is 5.65. The number of carbonyl (C=O) groups is 1. The maximum absolute atomic E-state index is 12.5. The fraction of sp³-hybridized carbons (Fsp3) is 0.909. The molecule has 1 fully saturated rings. The van der Waals surface area contributed by atoms with Crippen molar-refractivity contribution in [2.75, 3.05) is 13.1 Å². The Hall–Kier alpha value is -0.490. The molecule has 1 saturated heterocycles. The molecule has 2 atom stereocenters. The zero-order valence-corrected chi connectivity index (χ0v) is 11.6. The number of hydrogen-bond donors (Lipinski definition) is 1. The minimum Gasteiger partial charge on any atom is -0.342 e. The molecule has 0 spiro atoms. The second-order valence-electron chi connectivity index (χ2n) is 5.41. The molecule has 0 saturated carbocycles. The molecular formula is C11H20ClF3N2O. The molecule has 7 heteroatoms. The Labute approximate surface area is 111 Å². The Bertz CT molecular complexity index is 307. The predicted octanol–water partition coefficient (Wildman–Crippen LogP) is 2.19. The second-order valence-corrected chi connectivity index (χ2v) is 5.41. The van der Waals surface area contributed by atoms with Gasteiger partial charge in [0.15, 0.2) is 0 Å². The Morgan fingerprint density at radius 1 is 1.44 bits per heavy atom. The van der Waals surface area contributed by atoms with E-state index in [1.54, 1.807) is 0 Å². The summed E-state index contributed by atoms with van der Waals surface area (Å²) in [5, 5.41) is 0. The molecule has 3 nitrogen and oxygen atoms in total. The van der Waals surface area contributed by atoms with E-state index in [2.05, 4.69) is 0 Å². The molecule has 2 unspecified atom stereocenters. The number of nitrogens with zero attached hydrogens (tertiary/aromatic N) is 1. The zero-order chi connectivity index (χ0) is 13.4. The van der Waals surface area contributed by atoms with Crippen LogP contribution in [-0.4, -0.2) is 36.1 Å². The van der Waals surface area contributed by atoms with E-state index in [-0.39, 0.29) is 30.4 Å². The topological polar surface area (TPSA) is 46.3 Å². The molecule has 0 aromatic heterocycles. The molecule has 1 aliphatic rings. The van der Waals surface area contributed by atoms with Crippen LogP contribution in [0, 0.1) is 11.3 Å². The first-order valence-corrected chi connectivity index (χ1v) is 5.67. The number of rotatable bonds is 1. The van der Waals surface area contributed by atoms with Crippen molar-refractivity contribution in [3.8, 4) is 0 Å². The molecule has 0 bridgehead atoms. The van der Waals surface area contributed by atoms with Gasteiger partial charge in [0.2, 0.25) is 5.91 Å². The summed E-state index contributed by atoms with van der Waals surface area (Å²) in [7, 11) is 0. The summed E-state index contributed by atoms with van der Waals surface area (Å²) in [4.78, 5) is 13.0. The van der Waals surface area contributed by atoms with Crippen molar-refractivity contribution >= 4 is 18.3 Å². The van der Waals surface area contributed by atoms with Crippen LogP contribution in [0.15, 0.2) is 0 Å². The molecule has 0 aromatic carbocycles. The molecule has 0 aromatic rings. The van der Waals surface area contributed by atoms with Crippen LogP contribution in [0.4, 0.5) is 13.2 Å². The highest BCUT2D eigenvalue weighted by Gasteiger charge is 2.45. The number of nitrogens with two attached hydrogens (primary N) is 1. The molecule has 0 radical (unpaired) electrons. The van der Waals surface area contributed by atoms with Crippen molar-refractivity contribution in [1.82, 2.24) is 4.90 Å². The molecule has 108 valence electrons. The summed E-state index contributed by atoms with van der Waals surface area (Å²) < 4.78 is 37.4. The summed E-state index contributed by atoms with van der Waals surface area (Å²) in [5.74, 6) is -2.79. The maximum atomic E-state index is 12.5. The Balaban J connectivity index is 0.00000289. The summed E-state index contributed by atoms with van der Waals surface area (Å²) in [6, 6.07) is -0.0762. The van der Waals surface area contributed by atoms with Crippen molar-refractivity contribution in [2.24, 2.45) is 17.1 Å². The van der Waals surface area contributed by atoms with Crippen molar-refractivity contribution in [3.63, 3.8) is 0 Å². The molecule has 18 heavy (non-hydrogen) atoms. The normalized spacial score (nSPS) is 25.3. The van der Waals surface area contributed by atoms with Crippen molar-refractivity contribution < 1.29 is 18.0 Å². The number of piperidine rings is 1. The summed E-state index contributed by atoms with van der Waals surface area (Å²) in [6.07, 6.45) is -3.93. The van der Waals surface area contributed by atoms with Gasteiger partial charge in [-0.05, 0) is 18.8 Å². The number of carbonyl (C=O) groups excluding carboxylic acids is 1. The highest BCUT2D eigenvalue weighted by Crippen LogP contribution is 2.32. The van der Waals surface area contributed by atoms with Crippen LogP contribution in [-0.2, 0) is 4.79 Å². The smallest absolute Gasteiger partial charge is 0.342 e. The molecular weight excluding hydrogens is 269 g/mol. The molecule has 0 aliphatic carbocycles. The average Bonchev–Trinajstić information content (AvgIpc) is 2.18. The summed E-state index contributed by atoms with van der Waals surface area (Å²) in [6.45, 7) is 5.24. The van der Waals surface area contributed by atoms with Crippen LogP contribution < -0.4 is 5.73 Å². The minimum atomic E-state index is -4.47. The molecule has 1 heterocycles. The van der Waals surface area contributed by atoms with E-state index in [9.17, 15) is 18.0 Å². The number of likely N-dealkylation sites (tertiary alicyclic amines) is 1. The molecule has 1 aliphatic heterocycles. The Morgan fingerprint density at radius 3 is 2.33 bits per heavy atom. The van der Waals surface area contributed by atoms with Crippen LogP contribution in [0.5, 0.6) is 0 Å². The summed E-state index contributed by atoms with van der Waals surface area (Å²) in [5.41, 5.74) is 5.54. The number of amides is 1. The molecule has 2 N–H and O–H groups in total. The van der Waals surface area contributed by atoms with Gasteiger partial charge in [-0.1, -0.05) is 13.8 Å². The fourth-order valence-electron chi connectivity index (χ4n) is 1.98. The lowest BCUT2D eigenvalue weighted by molar-refractivity contribution is -0.187. The van der Waals surface area contributed by atoms with Crippen molar-refractivity contribution in [3.05, 3.63) is 0 Å². The van der Waals surface area contributed by atoms with E-state index in [1.807, 2.05) is 13.8 Å². The SMILES string of the molecule is CC(C(=O)N1CCC(N)C(C)(C)C1)C(F)(F)F.Cl. The van der Waals surface area contributed by atoms with E-state index in [0.717, 1.165) is 6.92 Å². The lowest BCUT2D eigenvalue weighted by atomic mass is 9.79. The Kier molecular flexibility index (Phi) is 5.50. The van der Waals surface area contributed by atoms with E-state index in [1.165, 1.54) is 4.90 Å². The highest BCUT2D eigenvalue weighted by molar-refractivity contribution is 5.85.